The number of hydrogen-bond donors (Lipinski definition) is 1. The molecule has 1 N–H and O–H groups in total. The molecule has 0 aliphatic carbocycles. The van der Waals surface area contributed by atoms with Gasteiger partial charge in [-0.1, -0.05) is 12.1 Å². The van der Waals surface area contributed by atoms with Crippen LogP contribution in [0.2, 0.25) is 0 Å². The van der Waals surface area contributed by atoms with Gasteiger partial charge in [0.15, 0.2) is 0 Å². The van der Waals surface area contributed by atoms with Crippen LogP contribution >= 0.6 is 0 Å². The second-order valence-corrected chi connectivity index (χ2v) is 7.64. The van der Waals surface area contributed by atoms with Crippen molar-refractivity contribution in [2.24, 2.45) is 7.05 Å². The van der Waals surface area contributed by atoms with E-state index in [1.807, 2.05) is 68.1 Å². The number of carbonyl (C=O) groups excluding carboxylic acids is 1. The van der Waals surface area contributed by atoms with Gasteiger partial charge in [0, 0.05) is 37.0 Å². The number of rotatable bonds is 4. The fourth-order valence-corrected chi connectivity index (χ4v) is 3.76. The van der Waals surface area contributed by atoms with E-state index < -0.39 is 5.60 Å². The average Bonchev–Trinajstić information content (AvgIpc) is 2.92. The van der Waals surface area contributed by atoms with E-state index in [-0.39, 0.29) is 5.91 Å². The van der Waals surface area contributed by atoms with Gasteiger partial charge in [0.05, 0.1) is 18.3 Å². The number of piperidine rings is 1. The van der Waals surface area contributed by atoms with Crippen molar-refractivity contribution in [3.05, 3.63) is 41.7 Å². The predicted molar refractivity (Wildman–Crippen MR) is 102 cm³/mol. The Bertz CT molecular complexity index is 782. The SMILES string of the molecule is Cc1c(-c2ccc(C(=O)N3CCC[C@](O)(CN(C)C)C3)cc2)cnn1C. The topological polar surface area (TPSA) is 61.6 Å². The molecule has 0 saturated carbocycles. The Labute approximate surface area is 155 Å². The molecule has 6 heteroatoms. The van der Waals surface area contributed by atoms with Gasteiger partial charge in [0.1, 0.15) is 0 Å². The molecule has 1 atom stereocenters. The van der Waals surface area contributed by atoms with Crippen LogP contribution in [-0.2, 0) is 7.05 Å². The van der Waals surface area contributed by atoms with Gasteiger partial charge in [-0.3, -0.25) is 9.48 Å². The fourth-order valence-electron chi connectivity index (χ4n) is 3.76. The second kappa shape index (κ2) is 7.21. The number of carbonyl (C=O) groups is 1. The Balaban J connectivity index is 1.74. The van der Waals surface area contributed by atoms with Crippen LogP contribution in [0.1, 0.15) is 28.9 Å². The molecule has 1 aromatic heterocycles. The molecule has 0 spiro atoms. The number of aliphatic hydroxyl groups is 1. The van der Waals surface area contributed by atoms with Gasteiger partial charge >= 0.3 is 0 Å². The van der Waals surface area contributed by atoms with E-state index in [4.69, 9.17) is 0 Å². The highest BCUT2D eigenvalue weighted by atomic mass is 16.3. The first-order valence-corrected chi connectivity index (χ1v) is 9.04. The lowest BCUT2D eigenvalue weighted by Crippen LogP contribution is -2.54. The molecule has 0 radical (unpaired) electrons. The summed E-state index contributed by atoms with van der Waals surface area (Å²) in [7, 11) is 5.80. The summed E-state index contributed by atoms with van der Waals surface area (Å²) in [5, 5.41) is 15.1. The maximum Gasteiger partial charge on any atom is 0.253 e. The molecule has 6 nitrogen and oxygen atoms in total. The summed E-state index contributed by atoms with van der Waals surface area (Å²) in [4.78, 5) is 16.6. The van der Waals surface area contributed by atoms with E-state index in [0.717, 1.165) is 29.7 Å². The molecular formula is C20H28N4O2. The Kier molecular flexibility index (Phi) is 5.16. The van der Waals surface area contributed by atoms with Crippen molar-refractivity contribution in [2.75, 3.05) is 33.7 Å². The molecule has 26 heavy (non-hydrogen) atoms. The Morgan fingerprint density at radius 1 is 1.31 bits per heavy atom. The first-order valence-electron chi connectivity index (χ1n) is 9.04. The third kappa shape index (κ3) is 3.81. The van der Waals surface area contributed by atoms with Crippen LogP contribution in [0.25, 0.3) is 11.1 Å². The van der Waals surface area contributed by atoms with Gasteiger partial charge in [-0.2, -0.15) is 5.10 Å². The number of aromatic nitrogens is 2. The molecule has 2 heterocycles. The van der Waals surface area contributed by atoms with Gasteiger partial charge in [-0.15, -0.1) is 0 Å². The summed E-state index contributed by atoms with van der Waals surface area (Å²) in [5.41, 5.74) is 3.04. The van der Waals surface area contributed by atoms with Crippen molar-refractivity contribution < 1.29 is 9.90 Å². The molecule has 0 unspecified atom stereocenters. The summed E-state index contributed by atoms with van der Waals surface area (Å²) < 4.78 is 1.84. The highest BCUT2D eigenvalue weighted by Crippen LogP contribution is 2.26. The zero-order valence-electron chi connectivity index (χ0n) is 16.1. The number of aryl methyl sites for hydroxylation is 1. The minimum absolute atomic E-state index is 0.0173. The van der Waals surface area contributed by atoms with E-state index in [0.29, 0.717) is 25.2 Å². The molecule has 3 rings (SSSR count). The highest BCUT2D eigenvalue weighted by molar-refractivity contribution is 5.94. The lowest BCUT2D eigenvalue weighted by atomic mass is 9.92. The lowest BCUT2D eigenvalue weighted by Gasteiger charge is -2.40. The van der Waals surface area contributed by atoms with Crippen LogP contribution in [0.5, 0.6) is 0 Å². The zero-order chi connectivity index (χ0) is 18.9. The summed E-state index contributed by atoms with van der Waals surface area (Å²) in [6, 6.07) is 7.66. The monoisotopic (exact) mass is 356 g/mol. The van der Waals surface area contributed by atoms with Gasteiger partial charge in [0.25, 0.3) is 5.91 Å². The first kappa shape index (κ1) is 18.6. The van der Waals surface area contributed by atoms with Crippen LogP contribution in [0.15, 0.2) is 30.5 Å². The highest BCUT2D eigenvalue weighted by Gasteiger charge is 2.35. The lowest BCUT2D eigenvalue weighted by molar-refractivity contribution is -0.0391. The third-order valence-corrected chi connectivity index (χ3v) is 5.13. The molecular weight excluding hydrogens is 328 g/mol. The summed E-state index contributed by atoms with van der Waals surface area (Å²) >= 11 is 0. The smallest absolute Gasteiger partial charge is 0.253 e. The van der Waals surface area contributed by atoms with Crippen molar-refractivity contribution in [1.29, 1.82) is 0 Å². The minimum atomic E-state index is -0.829. The maximum absolute atomic E-state index is 12.9. The number of amides is 1. The van der Waals surface area contributed by atoms with Crippen LogP contribution < -0.4 is 0 Å². The van der Waals surface area contributed by atoms with Crippen molar-refractivity contribution in [3.8, 4) is 11.1 Å². The van der Waals surface area contributed by atoms with E-state index >= 15 is 0 Å². The molecule has 1 aliphatic rings. The molecule has 0 bridgehead atoms. The first-order chi connectivity index (χ1) is 12.3. The largest absolute Gasteiger partial charge is 0.387 e. The fraction of sp³-hybridized carbons (Fsp3) is 0.500. The van der Waals surface area contributed by atoms with Crippen molar-refractivity contribution in [2.45, 2.75) is 25.4 Å². The minimum Gasteiger partial charge on any atom is -0.387 e. The number of benzene rings is 1. The Morgan fingerprint density at radius 3 is 2.58 bits per heavy atom. The summed E-state index contributed by atoms with van der Waals surface area (Å²) in [6.07, 6.45) is 3.40. The standard InChI is InChI=1S/C20H28N4O2/c1-15-18(12-21-23(15)4)16-6-8-17(9-7-16)19(25)24-11-5-10-20(26,14-24)13-22(2)3/h6-9,12,26H,5,10-11,13-14H2,1-4H3/t20-/m0/s1. The molecule has 2 aromatic rings. The van der Waals surface area contributed by atoms with Crippen LogP contribution in [0, 0.1) is 6.92 Å². The Hall–Kier alpha value is -2.18. The van der Waals surface area contributed by atoms with Crippen molar-refractivity contribution in [3.63, 3.8) is 0 Å². The summed E-state index contributed by atoms with van der Waals surface area (Å²) in [5.74, 6) is -0.0173. The number of hydrogen-bond acceptors (Lipinski definition) is 4. The van der Waals surface area contributed by atoms with E-state index in [2.05, 4.69) is 5.10 Å². The van der Waals surface area contributed by atoms with Gasteiger partial charge in [0.2, 0.25) is 0 Å². The van der Waals surface area contributed by atoms with Crippen LogP contribution in [0.3, 0.4) is 0 Å². The van der Waals surface area contributed by atoms with Crippen molar-refractivity contribution >= 4 is 5.91 Å². The van der Waals surface area contributed by atoms with Gasteiger partial charge < -0.3 is 14.9 Å². The van der Waals surface area contributed by atoms with Gasteiger partial charge in [-0.25, -0.2) is 0 Å². The predicted octanol–water partition coefficient (Wildman–Crippen LogP) is 1.92. The van der Waals surface area contributed by atoms with Crippen molar-refractivity contribution in [1.82, 2.24) is 19.6 Å². The molecule has 1 fully saturated rings. The third-order valence-electron chi connectivity index (χ3n) is 5.13. The maximum atomic E-state index is 12.9. The number of β-amino-alcohol motifs (C(OH)–C–C–N with tert-alkyl or cyclic N) is 1. The van der Waals surface area contributed by atoms with E-state index in [1.165, 1.54) is 0 Å². The van der Waals surface area contributed by atoms with Crippen LogP contribution in [-0.4, -0.2) is 69.9 Å². The quantitative estimate of drug-likeness (QED) is 0.909. The molecule has 1 saturated heterocycles. The normalized spacial score (nSPS) is 20.6. The van der Waals surface area contributed by atoms with E-state index in [9.17, 15) is 9.90 Å². The molecule has 140 valence electrons. The van der Waals surface area contributed by atoms with Crippen LogP contribution in [0.4, 0.5) is 0 Å². The average molecular weight is 356 g/mol. The Morgan fingerprint density at radius 2 is 2.00 bits per heavy atom. The molecule has 1 amide bonds. The zero-order valence-corrected chi connectivity index (χ0v) is 16.1. The summed E-state index contributed by atoms with van der Waals surface area (Å²) in [6.45, 7) is 3.67. The number of likely N-dealkylation sites (tertiary alicyclic amines) is 1. The van der Waals surface area contributed by atoms with E-state index in [1.54, 1.807) is 4.90 Å². The number of nitrogens with zero attached hydrogens (tertiary/aromatic N) is 4. The second-order valence-electron chi connectivity index (χ2n) is 7.64. The number of likely N-dealkylation sites (N-methyl/N-ethyl adjacent to an activating group) is 1. The molecule has 1 aromatic carbocycles. The van der Waals surface area contributed by atoms with Gasteiger partial charge in [-0.05, 0) is 51.6 Å². The molecule has 1 aliphatic heterocycles.